The summed E-state index contributed by atoms with van der Waals surface area (Å²) in [4.78, 5) is 24.8. The molecule has 0 unspecified atom stereocenters. The summed E-state index contributed by atoms with van der Waals surface area (Å²) in [7, 11) is -3.74. The Morgan fingerprint density at radius 1 is 1.07 bits per heavy atom. The summed E-state index contributed by atoms with van der Waals surface area (Å²) in [6.07, 6.45) is 0.615. The molecule has 0 radical (unpaired) electrons. The Balaban J connectivity index is 1.62. The number of rotatable bonds is 4. The lowest BCUT2D eigenvalue weighted by atomic mass is 10.1. The molecular weight excluding hydrogens is 380 g/mol. The minimum absolute atomic E-state index is 0.0442. The Bertz CT molecular complexity index is 1050. The number of carboxylic acid groups (broad SMARTS) is 1. The third kappa shape index (κ3) is 2.93. The van der Waals surface area contributed by atoms with Gasteiger partial charge in [-0.15, -0.1) is 0 Å². The molecule has 0 saturated carbocycles. The zero-order valence-corrected chi connectivity index (χ0v) is 16.1. The number of aliphatic carboxylic acids is 1. The molecule has 28 heavy (non-hydrogen) atoms. The number of benzene rings is 2. The molecule has 0 aromatic heterocycles. The molecule has 2 atom stereocenters. The Hall–Kier alpha value is -2.87. The number of carbonyl (C=O) groups is 2. The SMILES string of the molecule is C[C@@H]1Cc2ccccc2N1S(=O)(=O)c1ccc(N2C[C@@H](C(=O)O)CC2=O)cc1. The van der Waals surface area contributed by atoms with E-state index in [0.717, 1.165) is 5.56 Å². The molecule has 1 amide bonds. The Kier molecular flexibility index (Phi) is 4.38. The number of hydrogen-bond donors (Lipinski definition) is 1. The van der Waals surface area contributed by atoms with Crippen molar-refractivity contribution in [2.45, 2.75) is 30.7 Å². The van der Waals surface area contributed by atoms with Gasteiger partial charge in [-0.05, 0) is 49.2 Å². The van der Waals surface area contributed by atoms with Crippen LogP contribution in [0.4, 0.5) is 11.4 Å². The lowest BCUT2D eigenvalue weighted by Crippen LogP contribution is -2.35. The zero-order valence-electron chi connectivity index (χ0n) is 15.3. The quantitative estimate of drug-likeness (QED) is 0.850. The van der Waals surface area contributed by atoms with Gasteiger partial charge in [-0.3, -0.25) is 13.9 Å². The van der Waals surface area contributed by atoms with Gasteiger partial charge < -0.3 is 10.0 Å². The molecule has 2 aliphatic rings. The molecule has 1 N–H and O–H groups in total. The summed E-state index contributed by atoms with van der Waals surface area (Å²) >= 11 is 0. The standard InChI is InChI=1S/C20H20N2O5S/c1-13-10-14-4-2-3-5-18(14)22(13)28(26,27)17-8-6-16(7-9-17)21-12-15(20(24)25)11-19(21)23/h2-9,13,15H,10-12H2,1H3,(H,24,25)/t13-,15+/m1/s1. The van der Waals surface area contributed by atoms with Crippen LogP contribution in [0.5, 0.6) is 0 Å². The number of fused-ring (bicyclic) bond motifs is 1. The molecule has 8 heteroatoms. The number of sulfonamides is 1. The van der Waals surface area contributed by atoms with Crippen molar-refractivity contribution in [3.63, 3.8) is 0 Å². The summed E-state index contributed by atoms with van der Waals surface area (Å²) in [5, 5.41) is 9.11. The van der Waals surface area contributed by atoms with E-state index < -0.39 is 21.9 Å². The summed E-state index contributed by atoms with van der Waals surface area (Å²) in [6.45, 7) is 1.97. The van der Waals surface area contributed by atoms with E-state index in [0.29, 0.717) is 17.8 Å². The normalized spacial score (nSPS) is 21.8. The minimum Gasteiger partial charge on any atom is -0.481 e. The smallest absolute Gasteiger partial charge is 0.308 e. The van der Waals surface area contributed by atoms with Crippen molar-refractivity contribution in [1.82, 2.24) is 0 Å². The fourth-order valence-electron chi connectivity index (χ4n) is 3.94. The van der Waals surface area contributed by atoms with Crippen molar-refractivity contribution in [2.75, 3.05) is 15.7 Å². The number of nitrogens with zero attached hydrogens (tertiary/aromatic N) is 2. The first-order valence-electron chi connectivity index (χ1n) is 9.04. The maximum absolute atomic E-state index is 13.2. The second kappa shape index (κ2) is 6.63. The van der Waals surface area contributed by atoms with E-state index >= 15 is 0 Å². The van der Waals surface area contributed by atoms with Crippen LogP contribution in [0, 0.1) is 5.92 Å². The molecule has 146 valence electrons. The van der Waals surface area contributed by atoms with Crippen LogP contribution >= 0.6 is 0 Å². The molecule has 0 aliphatic carbocycles. The summed E-state index contributed by atoms with van der Waals surface area (Å²) in [5.74, 6) is -2.01. The van der Waals surface area contributed by atoms with Crippen molar-refractivity contribution >= 4 is 33.3 Å². The molecule has 1 saturated heterocycles. The van der Waals surface area contributed by atoms with Crippen LogP contribution in [0.3, 0.4) is 0 Å². The third-order valence-corrected chi connectivity index (χ3v) is 7.27. The van der Waals surface area contributed by atoms with Crippen LogP contribution < -0.4 is 9.21 Å². The van der Waals surface area contributed by atoms with Gasteiger partial charge in [0.25, 0.3) is 10.0 Å². The van der Waals surface area contributed by atoms with Gasteiger partial charge in [0.2, 0.25) is 5.91 Å². The molecule has 2 aromatic carbocycles. The van der Waals surface area contributed by atoms with Crippen LogP contribution in [0.1, 0.15) is 18.9 Å². The number of carboxylic acids is 1. The molecule has 0 bridgehead atoms. The molecular formula is C20H20N2O5S. The number of amides is 1. The van der Waals surface area contributed by atoms with Gasteiger partial charge in [-0.25, -0.2) is 8.42 Å². The monoisotopic (exact) mass is 400 g/mol. The average molecular weight is 400 g/mol. The van der Waals surface area contributed by atoms with E-state index in [1.807, 2.05) is 25.1 Å². The highest BCUT2D eigenvalue weighted by atomic mass is 32.2. The van der Waals surface area contributed by atoms with Crippen LogP contribution in [-0.4, -0.2) is 38.0 Å². The van der Waals surface area contributed by atoms with Crippen LogP contribution in [0.25, 0.3) is 0 Å². The summed E-state index contributed by atoms with van der Waals surface area (Å²) in [6, 6.07) is 13.3. The van der Waals surface area contributed by atoms with Crippen molar-refractivity contribution in [1.29, 1.82) is 0 Å². The Labute approximate surface area is 163 Å². The second-order valence-electron chi connectivity index (χ2n) is 7.22. The van der Waals surface area contributed by atoms with E-state index in [4.69, 9.17) is 5.11 Å². The molecule has 2 heterocycles. The lowest BCUT2D eigenvalue weighted by molar-refractivity contribution is -0.141. The van der Waals surface area contributed by atoms with Crippen LogP contribution in [0.2, 0.25) is 0 Å². The third-order valence-electron chi connectivity index (χ3n) is 5.32. The topological polar surface area (TPSA) is 95.0 Å². The molecule has 4 rings (SSSR count). The van der Waals surface area contributed by atoms with Gasteiger partial charge in [-0.1, -0.05) is 18.2 Å². The summed E-state index contributed by atoms with van der Waals surface area (Å²) < 4.78 is 27.9. The van der Waals surface area contributed by atoms with Crippen molar-refractivity contribution in [3.8, 4) is 0 Å². The van der Waals surface area contributed by atoms with E-state index in [2.05, 4.69) is 0 Å². The lowest BCUT2D eigenvalue weighted by Gasteiger charge is -2.25. The number of anilines is 2. The maximum Gasteiger partial charge on any atom is 0.308 e. The largest absolute Gasteiger partial charge is 0.481 e. The molecule has 2 aromatic rings. The van der Waals surface area contributed by atoms with Crippen LogP contribution in [-0.2, 0) is 26.0 Å². The molecule has 2 aliphatic heterocycles. The van der Waals surface area contributed by atoms with Gasteiger partial charge in [-0.2, -0.15) is 0 Å². The summed E-state index contributed by atoms with van der Waals surface area (Å²) in [5.41, 5.74) is 2.19. The highest BCUT2D eigenvalue weighted by molar-refractivity contribution is 7.92. The number of hydrogen-bond acceptors (Lipinski definition) is 4. The molecule has 0 spiro atoms. The zero-order chi connectivity index (χ0) is 20.1. The fourth-order valence-corrected chi connectivity index (χ4v) is 5.63. The van der Waals surface area contributed by atoms with Crippen molar-refractivity contribution in [2.24, 2.45) is 5.92 Å². The van der Waals surface area contributed by atoms with Gasteiger partial charge >= 0.3 is 5.97 Å². The predicted octanol–water partition coefficient (Wildman–Crippen LogP) is 2.26. The van der Waals surface area contributed by atoms with E-state index in [1.165, 1.54) is 21.3 Å². The van der Waals surface area contributed by atoms with E-state index in [9.17, 15) is 18.0 Å². The predicted molar refractivity (Wildman–Crippen MR) is 104 cm³/mol. The highest BCUT2D eigenvalue weighted by Gasteiger charge is 2.37. The first kappa shape index (κ1) is 18.5. The number of carbonyl (C=O) groups excluding carboxylic acids is 1. The van der Waals surface area contributed by atoms with Gasteiger partial charge in [0, 0.05) is 24.7 Å². The Morgan fingerprint density at radius 3 is 2.39 bits per heavy atom. The number of para-hydroxylation sites is 1. The maximum atomic E-state index is 13.2. The molecule has 1 fully saturated rings. The van der Waals surface area contributed by atoms with Gasteiger partial charge in [0.15, 0.2) is 0 Å². The minimum atomic E-state index is -3.74. The molecule has 7 nitrogen and oxygen atoms in total. The first-order chi connectivity index (χ1) is 13.3. The van der Waals surface area contributed by atoms with Gasteiger partial charge in [0.1, 0.15) is 0 Å². The van der Waals surface area contributed by atoms with E-state index in [1.54, 1.807) is 18.2 Å². The van der Waals surface area contributed by atoms with Crippen molar-refractivity contribution in [3.05, 3.63) is 54.1 Å². The highest BCUT2D eigenvalue weighted by Crippen LogP contribution is 2.37. The first-order valence-corrected chi connectivity index (χ1v) is 10.5. The Morgan fingerprint density at radius 2 is 1.75 bits per heavy atom. The second-order valence-corrected chi connectivity index (χ2v) is 9.04. The van der Waals surface area contributed by atoms with Gasteiger partial charge in [0.05, 0.1) is 16.5 Å². The van der Waals surface area contributed by atoms with Crippen molar-refractivity contribution < 1.29 is 23.1 Å². The van der Waals surface area contributed by atoms with Crippen LogP contribution in [0.15, 0.2) is 53.4 Å². The fraction of sp³-hybridized carbons (Fsp3) is 0.300. The average Bonchev–Trinajstić information content (AvgIpc) is 3.21. The van der Waals surface area contributed by atoms with E-state index in [-0.39, 0.29) is 29.8 Å².